The van der Waals surface area contributed by atoms with E-state index in [2.05, 4.69) is 4.98 Å². The van der Waals surface area contributed by atoms with Crippen molar-refractivity contribution in [3.05, 3.63) is 75.7 Å². The van der Waals surface area contributed by atoms with Gasteiger partial charge in [0.25, 0.3) is 11.8 Å². The standard InChI is InChI=1S/C37H43F6N3O7S/c1-4-10-29-35(53-24-21-30(54-23-24)37(41,42)43,15-9-18-46(29)32(49)25-22-44-17-14-26(25)36(38,39)40)33(50)45(3)19-16-34(51,5-2)27-11-6-7-12-28(27)52-20-8-13-31(47)48/h6-7,11-12,14,17,21-23,29,51H,4-5,8-10,13,15-16,18-20H2,1-3H3,(H,47,48)/t29-,34?,35+/m1/s1. The molecule has 3 atom stereocenters. The average Bonchev–Trinajstić information content (AvgIpc) is 3.61. The third-order valence-corrected chi connectivity index (χ3v) is 10.5. The number of carboxylic acid groups (broad SMARTS) is 1. The quantitative estimate of drug-likeness (QED) is 0.111. The van der Waals surface area contributed by atoms with E-state index in [0.29, 0.717) is 35.1 Å². The monoisotopic (exact) mass is 787 g/mol. The number of nitrogens with zero attached hydrogens (tertiary/aromatic N) is 3. The molecule has 1 aliphatic heterocycles. The van der Waals surface area contributed by atoms with Crippen LogP contribution in [0.4, 0.5) is 26.3 Å². The van der Waals surface area contributed by atoms with Crippen molar-refractivity contribution in [1.29, 1.82) is 0 Å². The minimum Gasteiger partial charge on any atom is -0.493 e. The lowest BCUT2D eigenvalue weighted by Crippen LogP contribution is -2.67. The number of benzene rings is 1. The number of carbonyl (C=O) groups is 3. The Morgan fingerprint density at radius 3 is 2.43 bits per heavy atom. The van der Waals surface area contributed by atoms with Gasteiger partial charge in [-0.25, -0.2) is 0 Å². The van der Waals surface area contributed by atoms with Crippen molar-refractivity contribution in [1.82, 2.24) is 14.8 Å². The summed E-state index contributed by atoms with van der Waals surface area (Å²) in [5.74, 6) is -2.76. The summed E-state index contributed by atoms with van der Waals surface area (Å²) in [4.78, 5) is 44.9. The number of aliphatic carboxylic acids is 1. The molecule has 2 amide bonds. The third kappa shape index (κ3) is 9.64. The number of likely N-dealkylation sites (tertiary alicyclic amines) is 1. The maximum atomic E-state index is 14.8. The molecule has 1 aromatic carbocycles. The van der Waals surface area contributed by atoms with Crippen LogP contribution in [0.5, 0.6) is 11.5 Å². The minimum atomic E-state index is -4.91. The van der Waals surface area contributed by atoms with E-state index in [0.717, 1.165) is 28.7 Å². The fourth-order valence-electron chi connectivity index (χ4n) is 6.76. The predicted octanol–water partition coefficient (Wildman–Crippen LogP) is 7.79. The van der Waals surface area contributed by atoms with Gasteiger partial charge in [0, 0.05) is 62.4 Å². The fourth-order valence-corrected chi connectivity index (χ4v) is 7.44. The summed E-state index contributed by atoms with van der Waals surface area (Å²) >= 11 is 0.348. The predicted molar refractivity (Wildman–Crippen MR) is 186 cm³/mol. The zero-order chi connectivity index (χ0) is 39.9. The molecule has 0 saturated carbocycles. The highest BCUT2D eigenvalue weighted by Gasteiger charge is 2.55. The Morgan fingerprint density at radius 2 is 1.80 bits per heavy atom. The van der Waals surface area contributed by atoms with Crippen molar-refractivity contribution >= 4 is 29.1 Å². The largest absolute Gasteiger partial charge is 0.493 e. The first-order valence-electron chi connectivity index (χ1n) is 17.5. The van der Waals surface area contributed by atoms with E-state index in [-0.39, 0.29) is 70.4 Å². The van der Waals surface area contributed by atoms with Gasteiger partial charge in [-0.3, -0.25) is 19.4 Å². The van der Waals surface area contributed by atoms with Crippen LogP contribution in [0.2, 0.25) is 0 Å². The Bertz CT molecular complexity index is 1770. The number of pyridine rings is 1. The first-order chi connectivity index (χ1) is 25.4. The molecule has 0 radical (unpaired) electrons. The highest BCUT2D eigenvalue weighted by Crippen LogP contribution is 2.43. The van der Waals surface area contributed by atoms with E-state index in [4.69, 9.17) is 14.6 Å². The molecule has 3 aromatic rings. The number of alkyl halides is 6. The molecule has 0 bridgehead atoms. The zero-order valence-corrected chi connectivity index (χ0v) is 30.8. The number of rotatable bonds is 16. The smallest absolute Gasteiger partial charge is 0.425 e. The maximum absolute atomic E-state index is 14.8. The summed E-state index contributed by atoms with van der Waals surface area (Å²) in [6.07, 6.45) is -7.35. The van der Waals surface area contributed by atoms with E-state index in [1.54, 1.807) is 38.1 Å². The lowest BCUT2D eigenvalue weighted by Gasteiger charge is -2.49. The van der Waals surface area contributed by atoms with Crippen molar-refractivity contribution < 1.29 is 60.4 Å². The summed E-state index contributed by atoms with van der Waals surface area (Å²) in [6.45, 7) is 3.34. The van der Waals surface area contributed by atoms with Crippen molar-refractivity contribution in [3.8, 4) is 11.5 Å². The molecule has 10 nitrogen and oxygen atoms in total. The number of aromatic nitrogens is 1. The van der Waals surface area contributed by atoms with Crippen LogP contribution in [0.15, 0.2) is 54.2 Å². The second kappa shape index (κ2) is 17.4. The van der Waals surface area contributed by atoms with Gasteiger partial charge >= 0.3 is 18.3 Å². The van der Waals surface area contributed by atoms with Gasteiger partial charge in [-0.1, -0.05) is 38.5 Å². The van der Waals surface area contributed by atoms with Crippen molar-refractivity contribution in [2.75, 3.05) is 26.7 Å². The number of thiophene rings is 1. The van der Waals surface area contributed by atoms with E-state index in [1.807, 2.05) is 0 Å². The van der Waals surface area contributed by atoms with Crippen LogP contribution < -0.4 is 9.47 Å². The molecule has 17 heteroatoms. The van der Waals surface area contributed by atoms with Gasteiger partial charge in [0.2, 0.25) is 5.60 Å². The van der Waals surface area contributed by atoms with Crippen molar-refractivity contribution in [2.24, 2.45) is 0 Å². The normalized spacial score (nSPS) is 18.9. The number of carbonyl (C=O) groups excluding carboxylic acids is 2. The van der Waals surface area contributed by atoms with Crippen molar-refractivity contribution in [2.45, 2.75) is 94.8 Å². The number of piperidine rings is 1. The lowest BCUT2D eigenvalue weighted by molar-refractivity contribution is -0.158. The van der Waals surface area contributed by atoms with Gasteiger partial charge in [-0.15, -0.1) is 11.3 Å². The van der Waals surface area contributed by atoms with Gasteiger partial charge in [-0.2, -0.15) is 26.3 Å². The van der Waals surface area contributed by atoms with Gasteiger partial charge < -0.3 is 29.5 Å². The molecule has 2 N–H and O–H groups in total. The SMILES string of the molecule is CCC[C@H]1N(C(=O)c2cnccc2C(F)(F)F)CCC[C@@]1(Oc1csc(C(F)(F)F)c1)C(=O)N(C)CCC(O)(CC)c1ccccc1OCCCC(=O)O. The molecule has 1 fully saturated rings. The number of para-hydroxylation sites is 1. The second-order valence-corrected chi connectivity index (χ2v) is 14.1. The van der Waals surface area contributed by atoms with Crippen LogP contribution in [0, 0.1) is 0 Å². The Labute approximate surface area is 312 Å². The topological polar surface area (TPSA) is 130 Å². The van der Waals surface area contributed by atoms with E-state index in [9.17, 15) is 45.8 Å². The number of carboxylic acids is 1. The first-order valence-corrected chi connectivity index (χ1v) is 18.3. The third-order valence-electron chi connectivity index (χ3n) is 9.53. The van der Waals surface area contributed by atoms with Gasteiger partial charge in [0.15, 0.2) is 0 Å². The Morgan fingerprint density at radius 1 is 1.07 bits per heavy atom. The molecule has 2 aromatic heterocycles. The molecular formula is C37H43F6N3O7S. The molecule has 0 aliphatic carbocycles. The molecule has 4 rings (SSSR count). The maximum Gasteiger partial charge on any atom is 0.425 e. The van der Waals surface area contributed by atoms with E-state index < -0.39 is 63.4 Å². The number of likely N-dealkylation sites (N-methyl/N-ethyl adjacent to an activating group) is 1. The fraction of sp³-hybridized carbons (Fsp3) is 0.514. The lowest BCUT2D eigenvalue weighted by atomic mass is 9.79. The number of amides is 2. The van der Waals surface area contributed by atoms with Gasteiger partial charge in [-0.05, 0) is 44.2 Å². The Kier molecular flexibility index (Phi) is 13.6. The average molecular weight is 788 g/mol. The minimum absolute atomic E-state index is 0.0503. The van der Waals surface area contributed by atoms with Gasteiger partial charge in [0.05, 0.1) is 29.4 Å². The summed E-state index contributed by atoms with van der Waals surface area (Å²) in [6, 6.07) is 6.85. The van der Waals surface area contributed by atoms with E-state index in [1.165, 1.54) is 11.9 Å². The zero-order valence-electron chi connectivity index (χ0n) is 30.0. The molecule has 1 saturated heterocycles. The van der Waals surface area contributed by atoms with Crippen LogP contribution in [-0.2, 0) is 27.5 Å². The summed E-state index contributed by atoms with van der Waals surface area (Å²) in [7, 11) is 1.42. The van der Waals surface area contributed by atoms with Crippen LogP contribution >= 0.6 is 11.3 Å². The molecular weight excluding hydrogens is 744 g/mol. The van der Waals surface area contributed by atoms with Crippen LogP contribution in [0.25, 0.3) is 0 Å². The Balaban J connectivity index is 1.71. The number of ether oxygens (including phenoxy) is 2. The summed E-state index contributed by atoms with van der Waals surface area (Å²) < 4.78 is 95.2. The van der Waals surface area contributed by atoms with Crippen molar-refractivity contribution in [3.63, 3.8) is 0 Å². The molecule has 1 unspecified atom stereocenters. The number of aliphatic hydroxyl groups is 1. The number of halogens is 6. The number of hydrogen-bond acceptors (Lipinski definition) is 8. The molecule has 0 spiro atoms. The van der Waals surface area contributed by atoms with Crippen LogP contribution in [-0.4, -0.2) is 81.2 Å². The van der Waals surface area contributed by atoms with Crippen LogP contribution in [0.3, 0.4) is 0 Å². The highest BCUT2D eigenvalue weighted by molar-refractivity contribution is 7.10. The van der Waals surface area contributed by atoms with Gasteiger partial charge in [0.1, 0.15) is 16.4 Å². The van der Waals surface area contributed by atoms with Crippen LogP contribution in [0.1, 0.15) is 91.6 Å². The molecule has 1 aliphatic rings. The highest BCUT2D eigenvalue weighted by atomic mass is 32.1. The first kappa shape index (κ1) is 42.4. The molecule has 296 valence electrons. The number of hydrogen-bond donors (Lipinski definition) is 2. The molecule has 54 heavy (non-hydrogen) atoms. The van der Waals surface area contributed by atoms with E-state index >= 15 is 0 Å². The summed E-state index contributed by atoms with van der Waals surface area (Å²) in [5, 5.41) is 22.0. The molecule has 3 heterocycles. The second-order valence-electron chi connectivity index (χ2n) is 13.2. The summed E-state index contributed by atoms with van der Waals surface area (Å²) in [5.41, 5.74) is -5.17. The Hall–Kier alpha value is -4.38.